The number of nitrogens with zero attached hydrogens (tertiary/aromatic N) is 4. The normalized spacial score (nSPS) is 23.6. The van der Waals surface area contributed by atoms with Crippen LogP contribution in [0.1, 0.15) is 61.1 Å². The molecule has 3 unspecified atom stereocenters. The van der Waals surface area contributed by atoms with E-state index in [0.29, 0.717) is 25.0 Å². The number of pyridine rings is 1. The minimum atomic E-state index is -4.64. The van der Waals surface area contributed by atoms with Gasteiger partial charge in [0.15, 0.2) is 0 Å². The van der Waals surface area contributed by atoms with Crippen LogP contribution in [0.5, 0.6) is 5.88 Å². The quantitative estimate of drug-likeness (QED) is 0.474. The van der Waals surface area contributed by atoms with Crippen LogP contribution in [0.25, 0.3) is 0 Å². The van der Waals surface area contributed by atoms with E-state index < -0.39 is 49.0 Å². The van der Waals surface area contributed by atoms with E-state index in [1.807, 2.05) is 0 Å². The number of amides is 2. The van der Waals surface area contributed by atoms with Crippen LogP contribution in [0, 0.1) is 0 Å². The van der Waals surface area contributed by atoms with Crippen LogP contribution in [0.3, 0.4) is 0 Å². The molecule has 14 heteroatoms. The molecule has 0 bridgehead atoms. The SMILES string of the molecule is Nc1ncc(C(O)COc2cccc(C(F)(F)F)n2)c(C2CCN(C(=O)NC3C(F)CCCC3F)CC2)n1. The summed E-state index contributed by atoms with van der Waals surface area (Å²) in [5.41, 5.74) is 5.37. The summed E-state index contributed by atoms with van der Waals surface area (Å²) in [5.74, 6) is -0.560. The van der Waals surface area contributed by atoms with Gasteiger partial charge >= 0.3 is 12.2 Å². The molecular formula is C24H29F5N6O3. The molecule has 2 aromatic heterocycles. The summed E-state index contributed by atoms with van der Waals surface area (Å²) in [6.07, 6.45) is -5.73. The Labute approximate surface area is 215 Å². The number of aromatic nitrogens is 3. The van der Waals surface area contributed by atoms with Crippen molar-refractivity contribution >= 4 is 12.0 Å². The number of aliphatic hydroxyl groups is 1. The average molecular weight is 545 g/mol. The van der Waals surface area contributed by atoms with Crippen LogP contribution in [0.2, 0.25) is 0 Å². The second kappa shape index (κ2) is 11.6. The number of hydrogen-bond donors (Lipinski definition) is 3. The van der Waals surface area contributed by atoms with Crippen molar-refractivity contribution in [3.8, 4) is 5.88 Å². The number of nitrogens with one attached hydrogen (secondary N) is 1. The largest absolute Gasteiger partial charge is 0.475 e. The fourth-order valence-corrected chi connectivity index (χ4v) is 4.77. The van der Waals surface area contributed by atoms with E-state index in [9.17, 15) is 31.9 Å². The summed E-state index contributed by atoms with van der Waals surface area (Å²) in [7, 11) is 0. The van der Waals surface area contributed by atoms with Crippen molar-refractivity contribution < 1.29 is 36.6 Å². The van der Waals surface area contributed by atoms with Gasteiger partial charge in [-0.3, -0.25) is 0 Å². The van der Waals surface area contributed by atoms with Crippen LogP contribution in [-0.2, 0) is 6.18 Å². The van der Waals surface area contributed by atoms with E-state index in [1.165, 1.54) is 17.2 Å². The zero-order valence-electron chi connectivity index (χ0n) is 20.4. The molecule has 9 nitrogen and oxygen atoms in total. The first-order valence-corrected chi connectivity index (χ1v) is 12.3. The highest BCUT2D eigenvalue weighted by Gasteiger charge is 2.37. The smallest absolute Gasteiger partial charge is 0.433 e. The van der Waals surface area contributed by atoms with Crippen LogP contribution >= 0.6 is 0 Å². The minimum Gasteiger partial charge on any atom is -0.475 e. The molecule has 208 valence electrons. The van der Waals surface area contributed by atoms with Crippen molar-refractivity contribution in [3.63, 3.8) is 0 Å². The fourth-order valence-electron chi connectivity index (χ4n) is 4.77. The number of nitrogen functional groups attached to an aromatic ring is 1. The van der Waals surface area contributed by atoms with Gasteiger partial charge in [-0.2, -0.15) is 13.2 Å². The first kappa shape index (κ1) is 27.7. The predicted molar refractivity (Wildman–Crippen MR) is 126 cm³/mol. The third-order valence-electron chi connectivity index (χ3n) is 6.83. The Kier molecular flexibility index (Phi) is 8.48. The van der Waals surface area contributed by atoms with E-state index in [-0.39, 0.29) is 49.2 Å². The summed E-state index contributed by atoms with van der Waals surface area (Å²) >= 11 is 0. The molecule has 0 radical (unpaired) electrons. The summed E-state index contributed by atoms with van der Waals surface area (Å²) in [6.45, 7) is 0.147. The molecule has 0 aromatic carbocycles. The predicted octanol–water partition coefficient (Wildman–Crippen LogP) is 3.70. The lowest BCUT2D eigenvalue weighted by Gasteiger charge is -2.36. The highest BCUT2D eigenvalue weighted by molar-refractivity contribution is 5.74. The number of aliphatic hydroxyl groups excluding tert-OH is 1. The molecule has 4 rings (SSSR count). The summed E-state index contributed by atoms with van der Waals surface area (Å²) in [4.78, 5) is 25.7. The van der Waals surface area contributed by atoms with Gasteiger partial charge in [-0.05, 0) is 38.2 Å². The summed E-state index contributed by atoms with van der Waals surface area (Å²) < 4.78 is 72.2. The van der Waals surface area contributed by atoms with Crippen molar-refractivity contribution in [1.82, 2.24) is 25.2 Å². The van der Waals surface area contributed by atoms with E-state index in [1.54, 1.807) is 0 Å². The lowest BCUT2D eigenvalue weighted by molar-refractivity contribution is -0.141. The maximum absolute atomic E-state index is 14.1. The Morgan fingerprint density at radius 3 is 2.50 bits per heavy atom. The lowest BCUT2D eigenvalue weighted by atomic mass is 9.89. The second-order valence-corrected chi connectivity index (χ2v) is 9.45. The van der Waals surface area contributed by atoms with Crippen molar-refractivity contribution in [2.24, 2.45) is 0 Å². The number of rotatable bonds is 6. The molecule has 3 heterocycles. The number of alkyl halides is 5. The molecule has 38 heavy (non-hydrogen) atoms. The number of piperidine rings is 1. The van der Waals surface area contributed by atoms with E-state index in [4.69, 9.17) is 10.5 Å². The van der Waals surface area contributed by atoms with Crippen molar-refractivity contribution in [2.45, 2.75) is 68.7 Å². The maximum atomic E-state index is 14.1. The van der Waals surface area contributed by atoms with Gasteiger partial charge in [0.05, 0.1) is 11.7 Å². The van der Waals surface area contributed by atoms with Gasteiger partial charge in [-0.1, -0.05) is 6.07 Å². The van der Waals surface area contributed by atoms with Gasteiger partial charge < -0.3 is 25.8 Å². The van der Waals surface area contributed by atoms with Crippen LogP contribution in [0.4, 0.5) is 32.7 Å². The number of urea groups is 1. The molecule has 1 saturated heterocycles. The highest BCUT2D eigenvalue weighted by atomic mass is 19.4. The molecule has 2 aliphatic rings. The van der Waals surface area contributed by atoms with Gasteiger partial charge in [0.1, 0.15) is 30.7 Å². The maximum Gasteiger partial charge on any atom is 0.433 e. The topological polar surface area (TPSA) is 126 Å². The zero-order chi connectivity index (χ0) is 27.4. The van der Waals surface area contributed by atoms with Crippen molar-refractivity contribution in [2.75, 3.05) is 25.4 Å². The van der Waals surface area contributed by atoms with Crippen LogP contribution in [0.15, 0.2) is 24.4 Å². The Hall–Kier alpha value is -3.29. The second-order valence-electron chi connectivity index (χ2n) is 9.45. The van der Waals surface area contributed by atoms with Gasteiger partial charge in [-0.15, -0.1) is 0 Å². The number of carbonyl (C=O) groups is 1. The number of anilines is 1. The average Bonchev–Trinajstić information content (AvgIpc) is 2.89. The number of halogens is 5. The molecule has 2 fully saturated rings. The molecule has 3 atom stereocenters. The Balaban J connectivity index is 1.38. The summed E-state index contributed by atoms with van der Waals surface area (Å²) in [5, 5.41) is 13.2. The first-order chi connectivity index (χ1) is 18.0. The minimum absolute atomic E-state index is 0.0307. The number of nitrogens with two attached hydrogens (primary N) is 1. The molecule has 1 aliphatic carbocycles. The van der Waals surface area contributed by atoms with Gasteiger partial charge in [-0.25, -0.2) is 28.5 Å². The molecular weight excluding hydrogens is 515 g/mol. The zero-order valence-corrected chi connectivity index (χ0v) is 20.4. The highest BCUT2D eigenvalue weighted by Crippen LogP contribution is 2.33. The lowest BCUT2D eigenvalue weighted by Crippen LogP contribution is -2.55. The van der Waals surface area contributed by atoms with Gasteiger partial charge in [0, 0.05) is 36.8 Å². The Morgan fingerprint density at radius 2 is 1.84 bits per heavy atom. The standard InChI is InChI=1S/C24H29F5N6O3/c25-15-3-1-4-16(26)21(15)34-23(37)35-9-7-13(8-10-35)20-14(11-31-22(30)33-20)17(36)12-38-19-6-2-5-18(32-19)24(27,28)29/h2,5-6,11,13,15-17,21,36H,1,3-4,7-10,12H2,(H,34,37)(H2,30,31,33). The molecule has 1 saturated carbocycles. The molecule has 4 N–H and O–H groups in total. The molecule has 2 aromatic rings. The number of hydrogen-bond acceptors (Lipinski definition) is 7. The monoisotopic (exact) mass is 544 g/mol. The number of likely N-dealkylation sites (tertiary alicyclic amines) is 1. The Bertz CT molecular complexity index is 1110. The number of carbonyl (C=O) groups excluding carboxylic acids is 1. The Morgan fingerprint density at radius 1 is 1.16 bits per heavy atom. The van der Waals surface area contributed by atoms with Crippen LogP contribution in [-0.4, -0.2) is 69.1 Å². The summed E-state index contributed by atoms with van der Waals surface area (Å²) in [6, 6.07) is 1.50. The first-order valence-electron chi connectivity index (χ1n) is 12.3. The van der Waals surface area contributed by atoms with Crippen molar-refractivity contribution in [1.29, 1.82) is 0 Å². The number of ether oxygens (including phenoxy) is 1. The van der Waals surface area contributed by atoms with E-state index in [0.717, 1.165) is 12.1 Å². The third kappa shape index (κ3) is 6.58. The van der Waals surface area contributed by atoms with Gasteiger partial charge in [0.25, 0.3) is 0 Å². The molecule has 1 aliphatic heterocycles. The van der Waals surface area contributed by atoms with Gasteiger partial charge in [0.2, 0.25) is 11.8 Å². The van der Waals surface area contributed by atoms with Crippen molar-refractivity contribution in [3.05, 3.63) is 41.3 Å². The van der Waals surface area contributed by atoms with E-state index >= 15 is 0 Å². The fraction of sp³-hybridized carbons (Fsp3) is 0.583. The third-order valence-corrected chi connectivity index (χ3v) is 6.83. The van der Waals surface area contributed by atoms with Crippen LogP contribution < -0.4 is 15.8 Å². The molecule has 0 spiro atoms. The van der Waals surface area contributed by atoms with E-state index in [2.05, 4.69) is 20.3 Å². The molecule has 2 amide bonds.